The minimum Gasteiger partial charge on any atom is -0.457 e. The van der Waals surface area contributed by atoms with Gasteiger partial charge in [-0.1, -0.05) is 24.3 Å². The van der Waals surface area contributed by atoms with E-state index in [1.165, 1.54) is 23.9 Å². The topological polar surface area (TPSA) is 97.7 Å². The van der Waals surface area contributed by atoms with Crippen LogP contribution >= 0.6 is 11.8 Å². The summed E-state index contributed by atoms with van der Waals surface area (Å²) in [7, 11) is 0. The minimum atomic E-state index is -0.453. The van der Waals surface area contributed by atoms with Crippen LogP contribution in [0.25, 0.3) is 17.4 Å². The molecule has 8 heteroatoms. The van der Waals surface area contributed by atoms with Gasteiger partial charge >= 0.3 is 0 Å². The molecule has 0 bridgehead atoms. The highest BCUT2D eigenvalue weighted by molar-refractivity contribution is 8.18. The van der Waals surface area contributed by atoms with Gasteiger partial charge < -0.3 is 9.73 Å². The Bertz CT molecular complexity index is 1230. The molecule has 1 aromatic heterocycles. The molecule has 7 nitrogen and oxygen atoms in total. The first-order valence-electron chi connectivity index (χ1n) is 9.10. The maximum atomic E-state index is 12.3. The monoisotopic (exact) mass is 419 g/mol. The van der Waals surface area contributed by atoms with Crippen molar-refractivity contribution in [1.82, 2.24) is 5.32 Å². The number of aliphatic imine (C=N–C) groups is 1. The summed E-state index contributed by atoms with van der Waals surface area (Å²) in [5, 5.41) is 14.2. The summed E-state index contributed by atoms with van der Waals surface area (Å²) >= 11 is 1.24. The van der Waals surface area contributed by atoms with Crippen molar-refractivity contribution in [1.29, 1.82) is 0 Å². The van der Waals surface area contributed by atoms with E-state index >= 15 is 0 Å². The average Bonchev–Trinajstić information content (AvgIpc) is 3.32. The van der Waals surface area contributed by atoms with Crippen molar-refractivity contribution in [3.63, 3.8) is 0 Å². The van der Waals surface area contributed by atoms with Crippen LogP contribution in [0.15, 0.2) is 68.9 Å². The zero-order valence-electron chi connectivity index (χ0n) is 16.2. The lowest BCUT2D eigenvalue weighted by atomic mass is 10.1. The van der Waals surface area contributed by atoms with Crippen LogP contribution in [0.3, 0.4) is 0 Å². The number of aryl methyl sites for hydroxylation is 2. The van der Waals surface area contributed by atoms with E-state index in [-0.39, 0.29) is 11.6 Å². The molecule has 0 saturated carbocycles. The van der Waals surface area contributed by atoms with Crippen LogP contribution in [0.1, 0.15) is 16.9 Å². The van der Waals surface area contributed by atoms with Crippen LogP contribution < -0.4 is 5.32 Å². The van der Waals surface area contributed by atoms with Crippen molar-refractivity contribution in [2.75, 3.05) is 0 Å². The van der Waals surface area contributed by atoms with Crippen molar-refractivity contribution >= 4 is 40.3 Å². The van der Waals surface area contributed by atoms with Gasteiger partial charge in [0, 0.05) is 23.8 Å². The number of amidine groups is 1. The highest BCUT2D eigenvalue weighted by Gasteiger charge is 2.24. The lowest BCUT2D eigenvalue weighted by Crippen LogP contribution is -2.19. The van der Waals surface area contributed by atoms with Gasteiger partial charge in [0.05, 0.1) is 15.5 Å². The number of nitro benzene ring substituents is 1. The van der Waals surface area contributed by atoms with Crippen LogP contribution in [0, 0.1) is 24.0 Å². The maximum Gasteiger partial charge on any atom is 0.270 e. The molecule has 0 radical (unpaired) electrons. The fourth-order valence-corrected chi connectivity index (χ4v) is 3.73. The molecular formula is C22H17N3O4S. The van der Waals surface area contributed by atoms with Crippen LogP contribution in [-0.4, -0.2) is 16.0 Å². The lowest BCUT2D eigenvalue weighted by Gasteiger charge is -2.02. The predicted octanol–water partition coefficient (Wildman–Crippen LogP) is 5.36. The number of nitrogens with one attached hydrogen (secondary N) is 1. The normalized spacial score (nSPS) is 16.3. The molecule has 1 N–H and O–H groups in total. The molecular weight excluding hydrogens is 402 g/mol. The summed E-state index contributed by atoms with van der Waals surface area (Å²) in [6, 6.07) is 15.6. The first kappa shape index (κ1) is 19.7. The van der Waals surface area contributed by atoms with E-state index < -0.39 is 4.92 Å². The molecule has 1 fully saturated rings. The van der Waals surface area contributed by atoms with Crippen molar-refractivity contribution in [2.45, 2.75) is 13.8 Å². The third kappa shape index (κ3) is 4.18. The Balaban J connectivity index is 1.57. The molecule has 2 aromatic carbocycles. The molecule has 1 aliphatic heterocycles. The Morgan fingerprint density at radius 1 is 1.13 bits per heavy atom. The highest BCUT2D eigenvalue weighted by atomic mass is 32.2. The summed E-state index contributed by atoms with van der Waals surface area (Å²) in [5.41, 5.74) is 3.50. The number of non-ortho nitro benzene ring substituents is 1. The fraction of sp³-hybridized carbons (Fsp3) is 0.0909. The summed E-state index contributed by atoms with van der Waals surface area (Å²) in [4.78, 5) is 27.9. The van der Waals surface area contributed by atoms with Crippen LogP contribution in [-0.2, 0) is 4.79 Å². The molecule has 30 heavy (non-hydrogen) atoms. The Hall–Kier alpha value is -3.65. The van der Waals surface area contributed by atoms with Crippen LogP contribution in [0.4, 0.5) is 11.4 Å². The minimum absolute atomic E-state index is 0.0122. The molecule has 1 aliphatic rings. The number of benzene rings is 2. The Morgan fingerprint density at radius 3 is 2.77 bits per heavy atom. The van der Waals surface area contributed by atoms with Gasteiger partial charge in [0.2, 0.25) is 0 Å². The van der Waals surface area contributed by atoms with Crippen LogP contribution in [0.5, 0.6) is 0 Å². The summed E-state index contributed by atoms with van der Waals surface area (Å²) in [6.07, 6.45) is 1.63. The quantitative estimate of drug-likeness (QED) is 0.349. The Kier molecular flexibility index (Phi) is 5.24. The van der Waals surface area contributed by atoms with E-state index in [1.54, 1.807) is 30.3 Å². The molecule has 150 valence electrons. The van der Waals surface area contributed by atoms with Gasteiger partial charge in [0.1, 0.15) is 11.5 Å². The standard InChI is InChI=1S/C22H17N3O4S/c1-13-6-7-14(2)18(10-13)23-22-24-21(26)20(30-22)12-17-8-9-19(29-17)15-4-3-5-16(11-15)25(27)28/h3-12H,1-2H3,(H,23,24,26)/b20-12-. The average molecular weight is 419 g/mol. The smallest absolute Gasteiger partial charge is 0.270 e. The number of nitro groups is 1. The number of carbonyl (C=O) groups is 1. The summed E-state index contributed by atoms with van der Waals surface area (Å²) in [5.74, 6) is 0.706. The molecule has 1 saturated heterocycles. The number of furan rings is 1. The molecule has 0 unspecified atom stereocenters. The van der Waals surface area contributed by atoms with Gasteiger partial charge in [-0.3, -0.25) is 14.9 Å². The third-order valence-electron chi connectivity index (χ3n) is 4.48. The molecule has 2 heterocycles. The molecule has 0 aliphatic carbocycles. The third-order valence-corrected chi connectivity index (χ3v) is 5.39. The summed E-state index contributed by atoms with van der Waals surface area (Å²) < 4.78 is 5.77. The Morgan fingerprint density at radius 2 is 1.97 bits per heavy atom. The largest absolute Gasteiger partial charge is 0.457 e. The number of nitrogens with zero attached hydrogens (tertiary/aromatic N) is 2. The van der Waals surface area contributed by atoms with E-state index in [0.717, 1.165) is 16.8 Å². The lowest BCUT2D eigenvalue weighted by molar-refractivity contribution is -0.384. The number of amides is 1. The molecule has 0 atom stereocenters. The number of carbonyl (C=O) groups excluding carboxylic acids is 1. The van der Waals surface area contributed by atoms with Gasteiger partial charge in [-0.2, -0.15) is 0 Å². The molecule has 0 spiro atoms. The van der Waals surface area contributed by atoms with E-state index in [9.17, 15) is 14.9 Å². The highest BCUT2D eigenvalue weighted by Crippen LogP contribution is 2.31. The van der Waals surface area contributed by atoms with Gasteiger partial charge in [-0.15, -0.1) is 0 Å². The number of hydrogen-bond donors (Lipinski definition) is 1. The van der Waals surface area contributed by atoms with Gasteiger partial charge in [0.25, 0.3) is 11.6 Å². The van der Waals surface area contributed by atoms with Crippen molar-refractivity contribution < 1.29 is 14.1 Å². The predicted molar refractivity (Wildman–Crippen MR) is 118 cm³/mol. The number of hydrogen-bond acceptors (Lipinski definition) is 6. The van der Waals surface area contributed by atoms with E-state index in [2.05, 4.69) is 10.3 Å². The first-order chi connectivity index (χ1) is 14.4. The van der Waals surface area contributed by atoms with E-state index in [0.29, 0.717) is 27.2 Å². The van der Waals surface area contributed by atoms with Crippen molar-refractivity contribution in [3.05, 3.63) is 86.5 Å². The fourth-order valence-electron chi connectivity index (χ4n) is 2.92. The van der Waals surface area contributed by atoms with E-state index in [1.807, 2.05) is 32.0 Å². The molecule has 4 rings (SSSR count). The van der Waals surface area contributed by atoms with Gasteiger partial charge in [-0.05, 0) is 54.9 Å². The van der Waals surface area contributed by atoms with Gasteiger partial charge in [-0.25, -0.2) is 4.99 Å². The Labute approximate surface area is 176 Å². The zero-order valence-corrected chi connectivity index (χ0v) is 17.0. The summed E-state index contributed by atoms with van der Waals surface area (Å²) in [6.45, 7) is 3.96. The molecule has 1 amide bonds. The van der Waals surface area contributed by atoms with Crippen LogP contribution in [0.2, 0.25) is 0 Å². The first-order valence-corrected chi connectivity index (χ1v) is 9.92. The second-order valence-electron chi connectivity index (χ2n) is 6.78. The second kappa shape index (κ2) is 8.00. The number of thioether (sulfide) groups is 1. The zero-order chi connectivity index (χ0) is 21.3. The van der Waals surface area contributed by atoms with E-state index in [4.69, 9.17) is 4.42 Å². The maximum absolute atomic E-state index is 12.3. The molecule has 3 aromatic rings. The SMILES string of the molecule is Cc1ccc(C)c(N=C2NC(=O)/C(=C/c3ccc(-c4cccc([N+](=O)[O-])c4)o3)S2)c1. The van der Waals surface area contributed by atoms with Crippen molar-refractivity contribution in [2.24, 2.45) is 4.99 Å². The second-order valence-corrected chi connectivity index (χ2v) is 7.81. The number of rotatable bonds is 4. The van der Waals surface area contributed by atoms with Gasteiger partial charge in [0.15, 0.2) is 5.17 Å². The van der Waals surface area contributed by atoms with Crippen molar-refractivity contribution in [3.8, 4) is 11.3 Å².